The first kappa shape index (κ1) is 22.6. The third-order valence-corrected chi connectivity index (χ3v) is 5.82. The molecular formula is C27H25ClN2O3. The van der Waals surface area contributed by atoms with E-state index in [1.165, 1.54) is 4.90 Å². The third kappa shape index (κ3) is 4.24. The van der Waals surface area contributed by atoms with Crippen LogP contribution in [0, 0.1) is 20.8 Å². The average molecular weight is 461 g/mol. The van der Waals surface area contributed by atoms with Crippen molar-refractivity contribution in [3.63, 3.8) is 0 Å². The van der Waals surface area contributed by atoms with Crippen LogP contribution >= 0.6 is 11.6 Å². The van der Waals surface area contributed by atoms with Gasteiger partial charge in [-0.05, 0) is 74.7 Å². The van der Waals surface area contributed by atoms with Crippen molar-refractivity contribution < 1.29 is 14.3 Å². The zero-order valence-electron chi connectivity index (χ0n) is 19.0. The molecule has 4 rings (SSSR count). The molecule has 2 amide bonds. The molecule has 0 bridgehead atoms. The van der Waals surface area contributed by atoms with E-state index >= 15 is 0 Å². The predicted molar refractivity (Wildman–Crippen MR) is 133 cm³/mol. The van der Waals surface area contributed by atoms with Crippen LogP contribution in [0.2, 0.25) is 5.02 Å². The number of carbonyl (C=O) groups excluding carboxylic acids is 2. The first-order valence-electron chi connectivity index (χ1n) is 10.8. The van der Waals surface area contributed by atoms with Gasteiger partial charge < -0.3 is 10.1 Å². The molecule has 1 heterocycles. The van der Waals surface area contributed by atoms with Crippen molar-refractivity contribution in [2.45, 2.75) is 27.7 Å². The molecule has 1 aliphatic heterocycles. The van der Waals surface area contributed by atoms with E-state index in [0.717, 1.165) is 16.7 Å². The van der Waals surface area contributed by atoms with E-state index in [9.17, 15) is 9.59 Å². The van der Waals surface area contributed by atoms with Gasteiger partial charge in [0.15, 0.2) is 0 Å². The van der Waals surface area contributed by atoms with Crippen LogP contribution in [-0.4, -0.2) is 18.4 Å². The summed E-state index contributed by atoms with van der Waals surface area (Å²) in [7, 11) is 0. The van der Waals surface area contributed by atoms with Crippen LogP contribution in [-0.2, 0) is 9.59 Å². The predicted octanol–water partition coefficient (Wildman–Crippen LogP) is 6.06. The number of para-hydroxylation sites is 2. The van der Waals surface area contributed by atoms with Gasteiger partial charge in [0.05, 0.1) is 17.9 Å². The number of benzene rings is 3. The van der Waals surface area contributed by atoms with Crippen molar-refractivity contribution in [3.05, 3.63) is 93.6 Å². The molecule has 6 heteroatoms. The lowest BCUT2D eigenvalue weighted by molar-refractivity contribution is -0.120. The van der Waals surface area contributed by atoms with Crippen molar-refractivity contribution in [3.8, 4) is 5.75 Å². The maximum Gasteiger partial charge on any atom is 0.282 e. The smallest absolute Gasteiger partial charge is 0.282 e. The lowest BCUT2D eigenvalue weighted by Crippen LogP contribution is -2.32. The maximum atomic E-state index is 13.8. The van der Waals surface area contributed by atoms with E-state index in [-0.39, 0.29) is 5.70 Å². The molecule has 3 aromatic carbocycles. The summed E-state index contributed by atoms with van der Waals surface area (Å²) in [6.07, 6.45) is 0. The highest BCUT2D eigenvalue weighted by Crippen LogP contribution is 2.39. The monoisotopic (exact) mass is 460 g/mol. The molecule has 5 nitrogen and oxygen atoms in total. The van der Waals surface area contributed by atoms with Gasteiger partial charge in [-0.3, -0.25) is 9.59 Å². The molecule has 0 spiro atoms. The molecule has 33 heavy (non-hydrogen) atoms. The van der Waals surface area contributed by atoms with E-state index in [4.69, 9.17) is 16.3 Å². The van der Waals surface area contributed by atoms with Crippen LogP contribution < -0.4 is 15.0 Å². The minimum atomic E-state index is -0.434. The topological polar surface area (TPSA) is 58.6 Å². The molecule has 0 unspecified atom stereocenters. The van der Waals surface area contributed by atoms with E-state index < -0.39 is 11.8 Å². The maximum absolute atomic E-state index is 13.8. The molecule has 168 valence electrons. The Labute approximate surface area is 198 Å². The number of aryl methyl sites for hydroxylation is 3. The van der Waals surface area contributed by atoms with Crippen molar-refractivity contribution in [1.82, 2.24) is 0 Å². The zero-order chi connectivity index (χ0) is 23.7. The minimum Gasteiger partial charge on any atom is -0.492 e. The van der Waals surface area contributed by atoms with Crippen LogP contribution in [0.3, 0.4) is 0 Å². The first-order chi connectivity index (χ1) is 15.8. The standard InChI is InChI=1S/C27H25ClN2O3/c1-5-33-23-9-7-6-8-22(23)30-26(31)24(20-12-10-16(2)14-17(20)3)25(27(30)32)29-21-13-11-19(28)15-18(21)4/h6-15,29H,5H2,1-4H3. The Morgan fingerprint density at radius 1 is 0.909 bits per heavy atom. The number of carbonyl (C=O) groups is 2. The second-order valence-electron chi connectivity index (χ2n) is 8.00. The van der Waals surface area contributed by atoms with Crippen molar-refractivity contribution in [2.24, 2.45) is 0 Å². The van der Waals surface area contributed by atoms with Gasteiger partial charge in [0.25, 0.3) is 11.8 Å². The number of rotatable bonds is 6. The van der Waals surface area contributed by atoms with Gasteiger partial charge in [-0.2, -0.15) is 0 Å². The molecule has 0 atom stereocenters. The third-order valence-electron chi connectivity index (χ3n) is 5.59. The van der Waals surface area contributed by atoms with Crippen LogP contribution in [0.15, 0.2) is 66.4 Å². The summed E-state index contributed by atoms with van der Waals surface area (Å²) in [4.78, 5) is 28.7. The minimum absolute atomic E-state index is 0.226. The summed E-state index contributed by atoms with van der Waals surface area (Å²) in [5.41, 5.74) is 5.25. The second-order valence-corrected chi connectivity index (χ2v) is 8.44. The van der Waals surface area contributed by atoms with Gasteiger partial charge >= 0.3 is 0 Å². The van der Waals surface area contributed by atoms with Gasteiger partial charge in [0.1, 0.15) is 11.4 Å². The molecule has 0 saturated heterocycles. The number of halogens is 1. The van der Waals surface area contributed by atoms with E-state index in [2.05, 4.69) is 5.32 Å². The molecule has 0 fully saturated rings. The van der Waals surface area contributed by atoms with Gasteiger partial charge in [0.2, 0.25) is 0 Å². The molecule has 0 aliphatic carbocycles. The highest BCUT2D eigenvalue weighted by Gasteiger charge is 2.42. The highest BCUT2D eigenvalue weighted by molar-refractivity contribution is 6.46. The van der Waals surface area contributed by atoms with Crippen molar-refractivity contribution in [2.75, 3.05) is 16.8 Å². The molecule has 1 aliphatic rings. The summed E-state index contributed by atoms with van der Waals surface area (Å²) in [5.74, 6) is -0.352. The number of hydrogen-bond acceptors (Lipinski definition) is 4. The van der Waals surface area contributed by atoms with Gasteiger partial charge in [-0.15, -0.1) is 0 Å². The van der Waals surface area contributed by atoms with E-state index in [1.807, 2.05) is 58.0 Å². The summed E-state index contributed by atoms with van der Waals surface area (Å²) >= 11 is 6.11. The number of nitrogens with one attached hydrogen (secondary N) is 1. The summed E-state index contributed by atoms with van der Waals surface area (Å²) in [6.45, 7) is 8.11. The number of imide groups is 1. The number of hydrogen-bond donors (Lipinski definition) is 1. The van der Waals surface area contributed by atoms with Crippen LogP contribution in [0.1, 0.15) is 29.2 Å². The number of amides is 2. The van der Waals surface area contributed by atoms with Gasteiger partial charge in [0, 0.05) is 10.7 Å². The van der Waals surface area contributed by atoms with Crippen molar-refractivity contribution >= 4 is 40.4 Å². The molecule has 1 N–H and O–H groups in total. The summed E-state index contributed by atoms with van der Waals surface area (Å²) in [6, 6.07) is 18.3. The van der Waals surface area contributed by atoms with Crippen molar-refractivity contribution in [1.29, 1.82) is 0 Å². The van der Waals surface area contributed by atoms with Crippen LogP contribution in [0.25, 0.3) is 5.57 Å². The molecule has 3 aromatic rings. The Morgan fingerprint density at radius 2 is 1.67 bits per heavy atom. The SMILES string of the molecule is CCOc1ccccc1N1C(=O)C(Nc2ccc(Cl)cc2C)=C(c2ccc(C)cc2C)C1=O. The molecule has 0 saturated carbocycles. The summed E-state index contributed by atoms with van der Waals surface area (Å²) in [5, 5.41) is 3.83. The lowest BCUT2D eigenvalue weighted by atomic mass is 9.97. The Kier molecular flexibility index (Phi) is 6.25. The van der Waals surface area contributed by atoms with Gasteiger partial charge in [-0.25, -0.2) is 4.90 Å². The Bertz CT molecular complexity index is 1300. The Hall–Kier alpha value is -3.57. The first-order valence-corrected chi connectivity index (χ1v) is 11.1. The summed E-state index contributed by atoms with van der Waals surface area (Å²) < 4.78 is 5.71. The lowest BCUT2D eigenvalue weighted by Gasteiger charge is -2.19. The number of anilines is 2. The fourth-order valence-electron chi connectivity index (χ4n) is 4.03. The molecule has 0 aromatic heterocycles. The van der Waals surface area contributed by atoms with Crippen LogP contribution in [0.4, 0.5) is 11.4 Å². The van der Waals surface area contributed by atoms with E-state index in [1.54, 1.807) is 30.3 Å². The molecule has 0 radical (unpaired) electrons. The Balaban J connectivity index is 1.88. The zero-order valence-corrected chi connectivity index (χ0v) is 19.8. The quantitative estimate of drug-likeness (QED) is 0.454. The van der Waals surface area contributed by atoms with Crippen LogP contribution in [0.5, 0.6) is 5.75 Å². The van der Waals surface area contributed by atoms with Gasteiger partial charge in [-0.1, -0.05) is 47.5 Å². The largest absolute Gasteiger partial charge is 0.492 e. The fourth-order valence-corrected chi connectivity index (χ4v) is 4.26. The average Bonchev–Trinajstić information content (AvgIpc) is 3.00. The molecular weight excluding hydrogens is 436 g/mol. The number of ether oxygens (including phenoxy) is 1. The van der Waals surface area contributed by atoms with E-state index in [0.29, 0.717) is 39.9 Å². The highest BCUT2D eigenvalue weighted by atomic mass is 35.5. The number of nitrogens with zero attached hydrogens (tertiary/aromatic N) is 1. The fraction of sp³-hybridized carbons (Fsp3) is 0.185. The Morgan fingerprint density at radius 3 is 2.36 bits per heavy atom. The normalized spacial score (nSPS) is 13.7. The second kappa shape index (κ2) is 9.12.